The van der Waals surface area contributed by atoms with Gasteiger partial charge in [0.05, 0.1) is 6.54 Å². The number of guanidine groups is 1. The van der Waals surface area contributed by atoms with E-state index in [2.05, 4.69) is 10.3 Å². The Morgan fingerprint density at radius 2 is 2.00 bits per heavy atom. The Labute approximate surface area is 177 Å². The van der Waals surface area contributed by atoms with Gasteiger partial charge in [-0.1, -0.05) is 23.7 Å². The number of benzene rings is 1. The summed E-state index contributed by atoms with van der Waals surface area (Å²) >= 11 is 6.03. The molecule has 0 aliphatic carbocycles. The summed E-state index contributed by atoms with van der Waals surface area (Å²) in [6.07, 6.45) is 1.55. The Morgan fingerprint density at radius 3 is 2.62 bits per heavy atom. The lowest BCUT2D eigenvalue weighted by atomic mass is 10.1. The van der Waals surface area contributed by atoms with Gasteiger partial charge < -0.3 is 10.2 Å². The number of piperidine rings is 1. The zero-order chi connectivity index (χ0) is 18.2. The van der Waals surface area contributed by atoms with Gasteiger partial charge in [0.1, 0.15) is 0 Å². The number of halogens is 2. The van der Waals surface area contributed by atoms with Gasteiger partial charge in [0.2, 0.25) is 11.8 Å². The summed E-state index contributed by atoms with van der Waals surface area (Å²) < 4.78 is 0. The van der Waals surface area contributed by atoms with Crippen LogP contribution in [-0.4, -0.2) is 54.3 Å². The number of carbonyl (C=O) groups excluding carboxylic acids is 2. The first-order chi connectivity index (χ1) is 12.0. The van der Waals surface area contributed by atoms with Crippen molar-refractivity contribution in [3.05, 3.63) is 34.9 Å². The number of rotatable bonds is 6. The lowest BCUT2D eigenvalue weighted by molar-refractivity contribution is -0.147. The van der Waals surface area contributed by atoms with E-state index < -0.39 is 0 Å². The Hall–Kier alpha value is -1.35. The summed E-state index contributed by atoms with van der Waals surface area (Å²) in [6.45, 7) is 4.12. The van der Waals surface area contributed by atoms with Gasteiger partial charge in [0, 0.05) is 44.5 Å². The van der Waals surface area contributed by atoms with E-state index in [1.165, 1.54) is 4.90 Å². The number of imide groups is 1. The SMILES string of the molecule is CCNC(=NCCN1C(=O)CCCC1=O)N(C)Cc1cccc(Cl)c1.I. The first-order valence-electron chi connectivity index (χ1n) is 8.58. The summed E-state index contributed by atoms with van der Waals surface area (Å²) in [5, 5.41) is 3.94. The Morgan fingerprint density at radius 1 is 1.31 bits per heavy atom. The molecule has 0 bridgehead atoms. The molecule has 1 heterocycles. The molecule has 26 heavy (non-hydrogen) atoms. The maximum atomic E-state index is 11.8. The van der Waals surface area contributed by atoms with Crippen molar-refractivity contribution >= 4 is 53.4 Å². The number of hydrogen-bond acceptors (Lipinski definition) is 3. The minimum Gasteiger partial charge on any atom is -0.357 e. The predicted molar refractivity (Wildman–Crippen MR) is 115 cm³/mol. The quantitative estimate of drug-likeness (QED) is 0.287. The van der Waals surface area contributed by atoms with Gasteiger partial charge in [-0.3, -0.25) is 19.5 Å². The zero-order valence-corrected chi connectivity index (χ0v) is 18.3. The number of aliphatic imine (C=N–C) groups is 1. The number of nitrogens with zero attached hydrogens (tertiary/aromatic N) is 3. The van der Waals surface area contributed by atoms with Crippen molar-refractivity contribution in [3.63, 3.8) is 0 Å². The highest BCUT2D eigenvalue weighted by atomic mass is 127. The number of amides is 2. The third kappa shape index (κ3) is 6.75. The van der Waals surface area contributed by atoms with Gasteiger partial charge in [-0.2, -0.15) is 0 Å². The van der Waals surface area contributed by atoms with Crippen molar-refractivity contribution in [2.45, 2.75) is 32.7 Å². The average Bonchev–Trinajstić information content (AvgIpc) is 2.56. The van der Waals surface area contributed by atoms with E-state index in [-0.39, 0.29) is 35.8 Å². The molecule has 0 aromatic heterocycles. The van der Waals surface area contributed by atoms with Crippen LogP contribution in [0.25, 0.3) is 0 Å². The fraction of sp³-hybridized carbons (Fsp3) is 0.500. The highest BCUT2D eigenvalue weighted by molar-refractivity contribution is 14.0. The average molecular weight is 493 g/mol. The molecular formula is C18H26ClIN4O2. The van der Waals surface area contributed by atoms with Gasteiger partial charge in [0.25, 0.3) is 0 Å². The highest BCUT2D eigenvalue weighted by Gasteiger charge is 2.25. The summed E-state index contributed by atoms with van der Waals surface area (Å²) in [5.41, 5.74) is 1.09. The molecule has 2 amide bonds. The van der Waals surface area contributed by atoms with Gasteiger partial charge in [0.15, 0.2) is 5.96 Å². The van der Waals surface area contributed by atoms with Gasteiger partial charge in [-0.15, -0.1) is 24.0 Å². The molecule has 1 aliphatic rings. The van der Waals surface area contributed by atoms with Gasteiger partial charge in [-0.25, -0.2) is 0 Å². The second-order valence-electron chi connectivity index (χ2n) is 6.01. The topological polar surface area (TPSA) is 65.0 Å². The second kappa shape index (κ2) is 11.4. The van der Waals surface area contributed by atoms with E-state index in [4.69, 9.17) is 11.6 Å². The molecule has 0 unspecified atom stereocenters. The minimum absolute atomic E-state index is 0. The van der Waals surface area contributed by atoms with Crippen LogP contribution in [0, 0.1) is 0 Å². The van der Waals surface area contributed by atoms with Crippen molar-refractivity contribution in [1.82, 2.24) is 15.1 Å². The highest BCUT2D eigenvalue weighted by Crippen LogP contribution is 2.13. The predicted octanol–water partition coefficient (Wildman–Crippen LogP) is 2.89. The van der Waals surface area contributed by atoms with E-state index in [1.54, 1.807) is 0 Å². The van der Waals surface area contributed by atoms with Crippen LogP contribution in [0.2, 0.25) is 5.02 Å². The molecule has 144 valence electrons. The largest absolute Gasteiger partial charge is 0.357 e. The summed E-state index contributed by atoms with van der Waals surface area (Å²) in [5.74, 6) is 0.548. The fourth-order valence-electron chi connectivity index (χ4n) is 2.76. The third-order valence-corrected chi connectivity index (χ3v) is 4.21. The Balaban J connectivity index is 0.00000338. The Kier molecular flexibility index (Phi) is 9.93. The smallest absolute Gasteiger partial charge is 0.229 e. The molecule has 1 fully saturated rings. The van der Waals surface area contributed by atoms with Gasteiger partial charge >= 0.3 is 0 Å². The summed E-state index contributed by atoms with van der Waals surface area (Å²) in [4.78, 5) is 31.5. The maximum Gasteiger partial charge on any atom is 0.229 e. The van der Waals surface area contributed by atoms with Crippen LogP contribution in [-0.2, 0) is 16.1 Å². The van der Waals surface area contributed by atoms with Crippen molar-refractivity contribution in [2.24, 2.45) is 4.99 Å². The Bertz CT molecular complexity index is 638. The normalized spacial score (nSPS) is 14.9. The lowest BCUT2D eigenvalue weighted by Crippen LogP contribution is -2.42. The van der Waals surface area contributed by atoms with E-state index in [9.17, 15) is 9.59 Å². The van der Waals surface area contributed by atoms with Crippen LogP contribution in [0.1, 0.15) is 31.7 Å². The molecule has 1 saturated heterocycles. The zero-order valence-electron chi connectivity index (χ0n) is 15.2. The molecule has 0 radical (unpaired) electrons. The molecule has 0 atom stereocenters. The fourth-order valence-corrected chi connectivity index (χ4v) is 2.97. The molecule has 1 aliphatic heterocycles. The summed E-state index contributed by atoms with van der Waals surface area (Å²) in [6, 6.07) is 7.70. The standard InChI is InChI=1S/C18H25ClN4O2.HI/c1-3-20-18(22(2)13-14-6-4-7-15(19)12-14)21-10-11-23-16(24)8-5-9-17(23)25;/h4,6-7,12H,3,5,8-11,13H2,1-2H3,(H,20,21);1H. The van der Waals surface area contributed by atoms with Crippen molar-refractivity contribution in [3.8, 4) is 0 Å². The van der Waals surface area contributed by atoms with Crippen molar-refractivity contribution in [2.75, 3.05) is 26.7 Å². The first kappa shape index (κ1) is 22.7. The van der Waals surface area contributed by atoms with Crippen LogP contribution < -0.4 is 5.32 Å². The van der Waals surface area contributed by atoms with E-state index in [0.717, 1.165) is 18.1 Å². The minimum atomic E-state index is -0.0938. The maximum absolute atomic E-state index is 11.8. The molecule has 1 N–H and O–H groups in total. The molecule has 6 nitrogen and oxygen atoms in total. The van der Waals surface area contributed by atoms with Gasteiger partial charge in [-0.05, 0) is 31.0 Å². The van der Waals surface area contributed by atoms with E-state index >= 15 is 0 Å². The molecule has 2 rings (SSSR count). The lowest BCUT2D eigenvalue weighted by Gasteiger charge is -2.25. The van der Waals surface area contributed by atoms with Crippen LogP contribution in [0.4, 0.5) is 0 Å². The first-order valence-corrected chi connectivity index (χ1v) is 8.96. The van der Waals surface area contributed by atoms with Crippen molar-refractivity contribution in [1.29, 1.82) is 0 Å². The number of hydrogen-bond donors (Lipinski definition) is 1. The van der Waals surface area contributed by atoms with Crippen LogP contribution in [0.5, 0.6) is 0 Å². The van der Waals surface area contributed by atoms with Crippen molar-refractivity contribution < 1.29 is 9.59 Å². The second-order valence-corrected chi connectivity index (χ2v) is 6.45. The molecule has 0 saturated carbocycles. The van der Waals surface area contributed by atoms with E-state index in [0.29, 0.717) is 43.9 Å². The van der Waals surface area contributed by atoms with Crippen LogP contribution in [0.15, 0.2) is 29.3 Å². The van der Waals surface area contributed by atoms with Crippen LogP contribution >= 0.6 is 35.6 Å². The third-order valence-electron chi connectivity index (χ3n) is 3.97. The molecular weight excluding hydrogens is 467 g/mol. The number of nitrogens with one attached hydrogen (secondary N) is 1. The molecule has 1 aromatic carbocycles. The van der Waals surface area contributed by atoms with Crippen LogP contribution in [0.3, 0.4) is 0 Å². The number of likely N-dealkylation sites (tertiary alicyclic amines) is 1. The van der Waals surface area contributed by atoms with E-state index in [1.807, 2.05) is 43.1 Å². The molecule has 1 aromatic rings. The number of carbonyl (C=O) groups is 2. The summed E-state index contributed by atoms with van der Waals surface area (Å²) in [7, 11) is 1.94. The molecule has 0 spiro atoms. The monoisotopic (exact) mass is 492 g/mol. The molecule has 8 heteroatoms.